The van der Waals surface area contributed by atoms with Gasteiger partial charge in [-0.3, -0.25) is 0 Å². The van der Waals surface area contributed by atoms with Gasteiger partial charge in [-0.15, -0.1) is 0 Å². The maximum atomic E-state index is 5.40. The topological polar surface area (TPSA) is 30.5 Å². The lowest BCUT2D eigenvalue weighted by Gasteiger charge is -2.10. The molecule has 0 bridgehead atoms. The highest BCUT2D eigenvalue weighted by Crippen LogP contribution is 2.37. The molecular weight excluding hydrogens is 386 g/mol. The molecule has 5 heteroatoms. The van der Waals surface area contributed by atoms with Gasteiger partial charge in [0.1, 0.15) is 0 Å². The molecule has 2 aromatic carbocycles. The summed E-state index contributed by atoms with van der Waals surface area (Å²) in [6, 6.07) is 10.2. The molecule has 20 heavy (non-hydrogen) atoms. The molecule has 3 rings (SSSR count). The zero-order valence-electron chi connectivity index (χ0n) is 10.9. The van der Waals surface area contributed by atoms with Crippen molar-refractivity contribution in [1.82, 2.24) is 0 Å². The molecule has 0 aromatic heterocycles. The molecule has 1 N–H and O–H groups in total. The van der Waals surface area contributed by atoms with E-state index in [1.165, 1.54) is 5.56 Å². The Bertz CT molecular complexity index is 659. The van der Waals surface area contributed by atoms with Gasteiger partial charge in [0.15, 0.2) is 11.5 Å². The van der Waals surface area contributed by atoms with Gasteiger partial charge in [0.25, 0.3) is 0 Å². The van der Waals surface area contributed by atoms with E-state index in [1.54, 1.807) is 0 Å². The number of fused-ring (bicyclic) bond motifs is 1. The van der Waals surface area contributed by atoms with Crippen LogP contribution in [0.25, 0.3) is 0 Å². The fourth-order valence-corrected chi connectivity index (χ4v) is 2.76. The highest BCUT2D eigenvalue weighted by molar-refractivity contribution is 9.10. The lowest BCUT2D eigenvalue weighted by Crippen LogP contribution is -2.00. The van der Waals surface area contributed by atoms with Crippen LogP contribution in [0.4, 0.5) is 5.69 Å². The van der Waals surface area contributed by atoms with E-state index in [4.69, 9.17) is 9.47 Å². The van der Waals surface area contributed by atoms with Crippen molar-refractivity contribution >= 4 is 37.5 Å². The third-order valence-corrected chi connectivity index (χ3v) is 4.81. The Labute approximate surface area is 134 Å². The molecule has 0 aliphatic carbocycles. The van der Waals surface area contributed by atoms with E-state index in [9.17, 15) is 0 Å². The fourth-order valence-electron chi connectivity index (χ4n) is 2.05. The van der Waals surface area contributed by atoms with E-state index in [0.29, 0.717) is 6.79 Å². The summed E-state index contributed by atoms with van der Waals surface area (Å²) in [7, 11) is 0. The third-order valence-electron chi connectivity index (χ3n) is 3.18. The van der Waals surface area contributed by atoms with Gasteiger partial charge in [-0.2, -0.15) is 0 Å². The van der Waals surface area contributed by atoms with Gasteiger partial charge < -0.3 is 14.8 Å². The first kappa shape index (κ1) is 13.8. The number of ether oxygens (including phenoxy) is 2. The van der Waals surface area contributed by atoms with Gasteiger partial charge in [0.05, 0.1) is 0 Å². The van der Waals surface area contributed by atoms with Crippen molar-refractivity contribution in [3.8, 4) is 11.5 Å². The van der Waals surface area contributed by atoms with E-state index in [0.717, 1.165) is 38.2 Å². The first-order chi connectivity index (χ1) is 9.63. The van der Waals surface area contributed by atoms with Gasteiger partial charge in [0, 0.05) is 21.2 Å². The molecule has 0 radical (unpaired) electrons. The average molecular weight is 399 g/mol. The summed E-state index contributed by atoms with van der Waals surface area (Å²) in [5, 5.41) is 3.41. The SMILES string of the molecule is Cc1cc(NCc2cc3c(cc2Br)OCO3)ccc1Br. The second-order valence-corrected chi connectivity index (χ2v) is 6.32. The molecule has 104 valence electrons. The molecule has 1 heterocycles. The van der Waals surface area contributed by atoms with Gasteiger partial charge >= 0.3 is 0 Å². The van der Waals surface area contributed by atoms with Crippen LogP contribution in [0.1, 0.15) is 11.1 Å². The molecule has 0 spiro atoms. The van der Waals surface area contributed by atoms with Crippen molar-refractivity contribution in [2.45, 2.75) is 13.5 Å². The minimum atomic E-state index is 0.296. The van der Waals surface area contributed by atoms with Crippen molar-refractivity contribution in [1.29, 1.82) is 0 Å². The summed E-state index contributed by atoms with van der Waals surface area (Å²) < 4.78 is 12.9. The Morgan fingerprint density at radius 3 is 2.55 bits per heavy atom. The highest BCUT2D eigenvalue weighted by atomic mass is 79.9. The molecule has 0 atom stereocenters. The number of anilines is 1. The number of nitrogens with one attached hydrogen (secondary N) is 1. The maximum absolute atomic E-state index is 5.40. The Kier molecular flexibility index (Phi) is 3.89. The largest absolute Gasteiger partial charge is 0.454 e. The normalized spacial score (nSPS) is 12.6. The lowest BCUT2D eigenvalue weighted by molar-refractivity contribution is 0.174. The molecule has 0 saturated carbocycles. The number of halogens is 2. The van der Waals surface area contributed by atoms with E-state index < -0.39 is 0 Å². The predicted octanol–water partition coefficient (Wildman–Crippen LogP) is 4.86. The average Bonchev–Trinajstić information content (AvgIpc) is 2.87. The van der Waals surface area contributed by atoms with Crippen LogP contribution in [-0.4, -0.2) is 6.79 Å². The zero-order valence-corrected chi connectivity index (χ0v) is 14.0. The molecule has 3 nitrogen and oxygen atoms in total. The van der Waals surface area contributed by atoms with Gasteiger partial charge in [-0.25, -0.2) is 0 Å². The number of benzene rings is 2. The van der Waals surface area contributed by atoms with Crippen molar-refractivity contribution in [2.75, 3.05) is 12.1 Å². The van der Waals surface area contributed by atoms with Crippen LogP contribution in [0, 0.1) is 6.92 Å². The molecule has 2 aromatic rings. The monoisotopic (exact) mass is 397 g/mol. The van der Waals surface area contributed by atoms with Crippen molar-refractivity contribution in [3.63, 3.8) is 0 Å². The number of aryl methyl sites for hydroxylation is 1. The first-order valence-corrected chi connectivity index (χ1v) is 7.80. The summed E-state index contributed by atoms with van der Waals surface area (Å²) in [5.41, 5.74) is 3.44. The molecule has 1 aliphatic rings. The fraction of sp³-hybridized carbons (Fsp3) is 0.200. The van der Waals surface area contributed by atoms with Crippen LogP contribution in [0.3, 0.4) is 0 Å². The molecule has 0 fully saturated rings. The lowest BCUT2D eigenvalue weighted by atomic mass is 10.2. The standard InChI is InChI=1S/C15H13Br2NO2/c1-9-4-11(2-3-12(9)16)18-7-10-5-14-15(6-13(10)17)20-8-19-14/h2-6,18H,7-8H2,1H3. The Morgan fingerprint density at radius 1 is 1.05 bits per heavy atom. The molecule has 0 unspecified atom stereocenters. The predicted molar refractivity (Wildman–Crippen MR) is 86.5 cm³/mol. The summed E-state index contributed by atoms with van der Waals surface area (Å²) in [6.07, 6.45) is 0. The number of hydrogen-bond acceptors (Lipinski definition) is 3. The summed E-state index contributed by atoms with van der Waals surface area (Å²) >= 11 is 7.07. The van der Waals surface area contributed by atoms with Crippen LogP contribution in [0.2, 0.25) is 0 Å². The smallest absolute Gasteiger partial charge is 0.231 e. The minimum Gasteiger partial charge on any atom is -0.454 e. The number of hydrogen-bond donors (Lipinski definition) is 1. The molecule has 1 aliphatic heterocycles. The van der Waals surface area contributed by atoms with Gasteiger partial charge in [-0.05, 0) is 48.4 Å². The highest BCUT2D eigenvalue weighted by Gasteiger charge is 2.16. The first-order valence-electron chi connectivity index (χ1n) is 6.21. The number of rotatable bonds is 3. The van der Waals surface area contributed by atoms with Crippen molar-refractivity contribution < 1.29 is 9.47 Å². The zero-order chi connectivity index (χ0) is 14.1. The summed E-state index contributed by atoms with van der Waals surface area (Å²) in [4.78, 5) is 0. The van der Waals surface area contributed by atoms with E-state index in [2.05, 4.69) is 56.2 Å². The quantitative estimate of drug-likeness (QED) is 0.800. The van der Waals surface area contributed by atoms with Gasteiger partial charge in [-0.1, -0.05) is 31.9 Å². The molecule has 0 saturated heterocycles. The van der Waals surface area contributed by atoms with E-state index in [-0.39, 0.29) is 0 Å². The van der Waals surface area contributed by atoms with Crippen LogP contribution < -0.4 is 14.8 Å². The second kappa shape index (κ2) is 5.66. The van der Waals surface area contributed by atoms with Crippen molar-refractivity contribution in [2.24, 2.45) is 0 Å². The third kappa shape index (κ3) is 2.79. The van der Waals surface area contributed by atoms with Crippen LogP contribution >= 0.6 is 31.9 Å². The maximum Gasteiger partial charge on any atom is 0.231 e. The van der Waals surface area contributed by atoms with Crippen LogP contribution in [0.15, 0.2) is 39.3 Å². The van der Waals surface area contributed by atoms with Crippen LogP contribution in [0.5, 0.6) is 11.5 Å². The van der Waals surface area contributed by atoms with E-state index in [1.807, 2.05) is 18.2 Å². The Morgan fingerprint density at radius 2 is 1.80 bits per heavy atom. The molecular formula is C15H13Br2NO2. The summed E-state index contributed by atoms with van der Waals surface area (Å²) in [6.45, 7) is 3.09. The Hall–Kier alpha value is -1.20. The van der Waals surface area contributed by atoms with Crippen LogP contribution in [-0.2, 0) is 6.54 Å². The van der Waals surface area contributed by atoms with E-state index >= 15 is 0 Å². The van der Waals surface area contributed by atoms with Gasteiger partial charge in [0.2, 0.25) is 6.79 Å². The molecule has 0 amide bonds. The summed E-state index contributed by atoms with van der Waals surface area (Å²) in [5.74, 6) is 1.59. The minimum absolute atomic E-state index is 0.296. The van der Waals surface area contributed by atoms with Crippen molar-refractivity contribution in [3.05, 3.63) is 50.4 Å². The second-order valence-electron chi connectivity index (χ2n) is 4.61. The Balaban J connectivity index is 1.76.